The number of benzene rings is 1. The number of sulfone groups is 1. The summed E-state index contributed by atoms with van der Waals surface area (Å²) in [7, 11) is -3.74. The first kappa shape index (κ1) is 20.3. The Kier molecular flexibility index (Phi) is 6.01. The fourth-order valence-corrected chi connectivity index (χ4v) is 5.37. The minimum atomic E-state index is -3.74. The van der Waals surface area contributed by atoms with Crippen molar-refractivity contribution in [1.82, 2.24) is 9.97 Å². The van der Waals surface area contributed by atoms with Gasteiger partial charge in [0.25, 0.3) is 0 Å². The smallest absolute Gasteiger partial charge is 0.234 e. The van der Waals surface area contributed by atoms with E-state index >= 15 is 0 Å². The number of thioether (sulfide) groups is 1. The average Bonchev–Trinajstić information content (AvgIpc) is 3.19. The molecule has 0 aliphatic rings. The van der Waals surface area contributed by atoms with Crippen molar-refractivity contribution in [2.75, 3.05) is 16.8 Å². The van der Waals surface area contributed by atoms with Gasteiger partial charge in [-0.15, -0.1) is 11.3 Å². The number of carbonyl (C=O) groups is 1. The van der Waals surface area contributed by atoms with Gasteiger partial charge in [-0.1, -0.05) is 30.0 Å². The molecule has 0 aliphatic heterocycles. The third-order valence-corrected chi connectivity index (χ3v) is 8.05. The first-order valence-electron chi connectivity index (χ1n) is 8.19. The van der Waals surface area contributed by atoms with E-state index in [-0.39, 0.29) is 31.7 Å². The molecular formula is C18H18N4O3S3. The lowest BCUT2D eigenvalue weighted by atomic mass is 10.1. The zero-order valence-corrected chi connectivity index (χ0v) is 17.6. The summed E-state index contributed by atoms with van der Waals surface area (Å²) in [6, 6.07) is 8.83. The van der Waals surface area contributed by atoms with Crippen molar-refractivity contribution in [3.05, 3.63) is 53.0 Å². The zero-order valence-electron chi connectivity index (χ0n) is 15.2. The van der Waals surface area contributed by atoms with Crippen LogP contribution < -0.4 is 11.1 Å². The molecule has 2 heterocycles. The van der Waals surface area contributed by atoms with Crippen molar-refractivity contribution in [1.29, 1.82) is 0 Å². The van der Waals surface area contributed by atoms with Crippen molar-refractivity contribution in [2.24, 2.45) is 0 Å². The Morgan fingerprint density at radius 1 is 1.25 bits per heavy atom. The lowest BCUT2D eigenvalue weighted by Gasteiger charge is -2.10. The predicted molar refractivity (Wildman–Crippen MR) is 111 cm³/mol. The Hall–Kier alpha value is -2.43. The Labute approximate surface area is 171 Å². The molecule has 0 aliphatic carbocycles. The molecule has 146 valence electrons. The van der Waals surface area contributed by atoms with Gasteiger partial charge < -0.3 is 11.1 Å². The van der Waals surface area contributed by atoms with E-state index in [0.29, 0.717) is 0 Å². The lowest BCUT2D eigenvalue weighted by Crippen LogP contribution is -2.15. The fraction of sp³-hybridized carbons (Fsp3) is 0.167. The van der Waals surface area contributed by atoms with Crippen LogP contribution in [0.2, 0.25) is 0 Å². The van der Waals surface area contributed by atoms with Crippen LogP contribution in [0.4, 0.5) is 11.5 Å². The number of nitrogens with two attached hydrogens (primary N) is 1. The summed E-state index contributed by atoms with van der Waals surface area (Å²) in [4.78, 5) is 20.1. The molecule has 3 aromatic rings. The Bertz CT molecular complexity index is 1110. The molecule has 0 atom stereocenters. The minimum absolute atomic E-state index is 0.0733. The van der Waals surface area contributed by atoms with Crippen molar-refractivity contribution < 1.29 is 13.2 Å². The first-order valence-corrected chi connectivity index (χ1v) is 11.5. The van der Waals surface area contributed by atoms with Crippen LogP contribution in [0.1, 0.15) is 11.1 Å². The maximum absolute atomic E-state index is 12.5. The van der Waals surface area contributed by atoms with Gasteiger partial charge in [0.1, 0.15) is 14.9 Å². The number of aromatic nitrogens is 2. The molecule has 10 heteroatoms. The summed E-state index contributed by atoms with van der Waals surface area (Å²) in [6.45, 7) is 3.91. The van der Waals surface area contributed by atoms with Crippen LogP contribution in [0.25, 0.3) is 0 Å². The van der Waals surface area contributed by atoms with Crippen LogP contribution in [-0.4, -0.2) is 30.0 Å². The number of hydrogen-bond donors (Lipinski definition) is 2. The summed E-state index contributed by atoms with van der Waals surface area (Å²) < 4.78 is 25.2. The molecule has 28 heavy (non-hydrogen) atoms. The van der Waals surface area contributed by atoms with E-state index in [0.717, 1.165) is 39.9 Å². The SMILES string of the molecule is Cc1cccc(NC(=O)CSc2ncc(S(=O)(=O)c3cccs3)c(N)n2)c1C. The molecular weight excluding hydrogens is 416 g/mol. The Balaban J connectivity index is 1.68. The van der Waals surface area contributed by atoms with E-state index in [1.165, 1.54) is 12.3 Å². The maximum atomic E-state index is 12.5. The van der Waals surface area contributed by atoms with E-state index < -0.39 is 9.84 Å². The molecule has 0 radical (unpaired) electrons. The highest BCUT2D eigenvalue weighted by molar-refractivity contribution is 7.99. The topological polar surface area (TPSA) is 115 Å². The molecule has 0 saturated carbocycles. The number of nitrogens with zero attached hydrogens (tertiary/aromatic N) is 2. The number of thiophene rings is 1. The normalized spacial score (nSPS) is 11.4. The van der Waals surface area contributed by atoms with Crippen LogP contribution in [0.15, 0.2) is 56.2 Å². The molecule has 0 fully saturated rings. The monoisotopic (exact) mass is 434 g/mol. The van der Waals surface area contributed by atoms with Gasteiger partial charge in [-0.2, -0.15) is 0 Å². The first-order chi connectivity index (χ1) is 13.3. The zero-order chi connectivity index (χ0) is 20.3. The molecule has 3 N–H and O–H groups in total. The molecule has 0 bridgehead atoms. The van der Waals surface area contributed by atoms with Gasteiger partial charge in [0.15, 0.2) is 5.16 Å². The van der Waals surface area contributed by atoms with Crippen LogP contribution in [-0.2, 0) is 14.6 Å². The molecule has 0 saturated heterocycles. The summed E-state index contributed by atoms with van der Waals surface area (Å²) in [5.41, 5.74) is 8.68. The number of nitrogen functional groups attached to an aromatic ring is 1. The van der Waals surface area contributed by atoms with Crippen LogP contribution in [0.3, 0.4) is 0 Å². The van der Waals surface area contributed by atoms with Crippen LogP contribution in [0.5, 0.6) is 0 Å². The lowest BCUT2D eigenvalue weighted by molar-refractivity contribution is -0.113. The number of aryl methyl sites for hydroxylation is 1. The van der Waals surface area contributed by atoms with Gasteiger partial charge in [0.05, 0.1) is 11.9 Å². The summed E-state index contributed by atoms with van der Waals surface area (Å²) in [6.07, 6.45) is 1.18. The average molecular weight is 435 g/mol. The van der Waals surface area contributed by atoms with E-state index in [9.17, 15) is 13.2 Å². The van der Waals surface area contributed by atoms with Crippen LogP contribution >= 0.6 is 23.1 Å². The second-order valence-corrected chi connectivity index (χ2v) is 9.96. The quantitative estimate of drug-likeness (QED) is 0.452. The maximum Gasteiger partial charge on any atom is 0.234 e. The van der Waals surface area contributed by atoms with Crippen molar-refractivity contribution in [3.63, 3.8) is 0 Å². The van der Waals surface area contributed by atoms with E-state index in [2.05, 4.69) is 15.3 Å². The van der Waals surface area contributed by atoms with E-state index in [4.69, 9.17) is 5.73 Å². The predicted octanol–water partition coefficient (Wildman–Crippen LogP) is 3.30. The molecule has 7 nitrogen and oxygen atoms in total. The second-order valence-electron chi connectivity index (χ2n) is 5.92. The van der Waals surface area contributed by atoms with Crippen LogP contribution in [0, 0.1) is 13.8 Å². The number of nitrogens with one attached hydrogen (secondary N) is 1. The Morgan fingerprint density at radius 3 is 2.71 bits per heavy atom. The largest absolute Gasteiger partial charge is 0.382 e. The molecule has 0 unspecified atom stereocenters. The molecule has 2 aromatic heterocycles. The highest BCUT2D eigenvalue weighted by atomic mass is 32.2. The molecule has 1 amide bonds. The van der Waals surface area contributed by atoms with Gasteiger partial charge in [0, 0.05) is 5.69 Å². The van der Waals surface area contributed by atoms with Crippen molar-refractivity contribution in [2.45, 2.75) is 28.1 Å². The van der Waals surface area contributed by atoms with E-state index in [1.807, 2.05) is 32.0 Å². The summed E-state index contributed by atoms with van der Waals surface area (Å²) >= 11 is 2.18. The third-order valence-electron chi connectivity index (χ3n) is 4.02. The number of carbonyl (C=O) groups excluding carboxylic acids is 1. The highest BCUT2D eigenvalue weighted by Gasteiger charge is 2.23. The molecule has 3 rings (SSSR count). The summed E-state index contributed by atoms with van der Waals surface area (Å²) in [5, 5.41) is 4.75. The van der Waals surface area contributed by atoms with Gasteiger partial charge in [0.2, 0.25) is 15.7 Å². The Morgan fingerprint density at radius 2 is 2.04 bits per heavy atom. The third kappa shape index (κ3) is 4.34. The van der Waals surface area contributed by atoms with Gasteiger partial charge in [-0.3, -0.25) is 4.79 Å². The number of amides is 1. The molecule has 1 aromatic carbocycles. The van der Waals surface area contributed by atoms with Gasteiger partial charge >= 0.3 is 0 Å². The summed E-state index contributed by atoms with van der Waals surface area (Å²) in [5.74, 6) is -0.277. The van der Waals surface area contributed by atoms with Crippen molar-refractivity contribution in [3.8, 4) is 0 Å². The number of anilines is 2. The highest BCUT2D eigenvalue weighted by Crippen LogP contribution is 2.28. The van der Waals surface area contributed by atoms with E-state index in [1.54, 1.807) is 11.4 Å². The van der Waals surface area contributed by atoms with Gasteiger partial charge in [-0.25, -0.2) is 18.4 Å². The standard InChI is InChI=1S/C18H18N4O3S3/c1-11-5-3-6-13(12(11)2)21-15(23)10-27-18-20-9-14(17(19)22-18)28(24,25)16-7-4-8-26-16/h3-9H,10H2,1-2H3,(H,21,23)(H2,19,20,22). The fourth-order valence-electron chi connectivity index (χ4n) is 2.37. The number of rotatable bonds is 6. The molecule has 0 spiro atoms. The number of hydrogen-bond acceptors (Lipinski definition) is 8. The second kappa shape index (κ2) is 8.29. The van der Waals surface area contributed by atoms with Crippen molar-refractivity contribution >= 4 is 50.3 Å². The minimum Gasteiger partial charge on any atom is -0.382 e. The van der Waals surface area contributed by atoms with Gasteiger partial charge in [-0.05, 0) is 42.5 Å².